The normalized spacial score (nSPS) is 19.1. The van der Waals surface area contributed by atoms with Gasteiger partial charge in [0.2, 0.25) is 0 Å². The third kappa shape index (κ3) is 3.97. The summed E-state index contributed by atoms with van der Waals surface area (Å²) < 4.78 is 6.23. The van der Waals surface area contributed by atoms with E-state index in [1.165, 1.54) is 31.4 Å². The van der Waals surface area contributed by atoms with E-state index in [0.29, 0.717) is 0 Å². The predicted octanol–water partition coefficient (Wildman–Crippen LogP) is 2.69. The summed E-state index contributed by atoms with van der Waals surface area (Å²) >= 11 is 3.51. The van der Waals surface area contributed by atoms with Crippen LogP contribution in [-0.4, -0.2) is 26.2 Å². The SMILES string of the molecule is COc1ccc(CNCCC2CCCN2)cc1Br. The van der Waals surface area contributed by atoms with Crippen LogP contribution < -0.4 is 15.4 Å². The molecule has 0 amide bonds. The van der Waals surface area contributed by atoms with Gasteiger partial charge in [-0.3, -0.25) is 0 Å². The van der Waals surface area contributed by atoms with Crippen molar-refractivity contribution in [3.8, 4) is 5.75 Å². The Labute approximate surface area is 117 Å². The van der Waals surface area contributed by atoms with Gasteiger partial charge in [0.1, 0.15) is 5.75 Å². The summed E-state index contributed by atoms with van der Waals surface area (Å²) in [5, 5.41) is 7.01. The number of halogens is 1. The van der Waals surface area contributed by atoms with Crippen LogP contribution in [0.1, 0.15) is 24.8 Å². The topological polar surface area (TPSA) is 33.3 Å². The number of rotatable bonds is 6. The summed E-state index contributed by atoms with van der Waals surface area (Å²) in [7, 11) is 1.69. The first-order valence-electron chi connectivity index (χ1n) is 6.56. The lowest BCUT2D eigenvalue weighted by Crippen LogP contribution is -2.26. The predicted molar refractivity (Wildman–Crippen MR) is 78.0 cm³/mol. The molecule has 1 aromatic rings. The maximum atomic E-state index is 5.22. The molecule has 4 heteroatoms. The van der Waals surface area contributed by atoms with Crippen molar-refractivity contribution in [2.24, 2.45) is 0 Å². The quantitative estimate of drug-likeness (QED) is 0.792. The second kappa shape index (κ2) is 7.12. The van der Waals surface area contributed by atoms with Crippen molar-refractivity contribution < 1.29 is 4.74 Å². The molecule has 0 bridgehead atoms. The molecule has 0 spiro atoms. The highest BCUT2D eigenvalue weighted by atomic mass is 79.9. The van der Waals surface area contributed by atoms with Crippen LogP contribution >= 0.6 is 15.9 Å². The van der Waals surface area contributed by atoms with Gasteiger partial charge in [-0.1, -0.05) is 6.07 Å². The zero-order valence-electron chi connectivity index (χ0n) is 10.8. The Bertz CT molecular complexity index is 378. The molecule has 0 aliphatic carbocycles. The van der Waals surface area contributed by atoms with Gasteiger partial charge in [-0.2, -0.15) is 0 Å². The maximum absolute atomic E-state index is 5.22. The number of benzene rings is 1. The zero-order chi connectivity index (χ0) is 12.8. The molecular weight excluding hydrogens is 292 g/mol. The van der Waals surface area contributed by atoms with Crippen molar-refractivity contribution in [3.63, 3.8) is 0 Å². The van der Waals surface area contributed by atoms with E-state index >= 15 is 0 Å². The van der Waals surface area contributed by atoms with E-state index in [4.69, 9.17) is 4.74 Å². The van der Waals surface area contributed by atoms with E-state index in [-0.39, 0.29) is 0 Å². The second-order valence-corrected chi connectivity index (χ2v) is 5.58. The van der Waals surface area contributed by atoms with Crippen LogP contribution in [0.3, 0.4) is 0 Å². The summed E-state index contributed by atoms with van der Waals surface area (Å²) in [6, 6.07) is 6.93. The molecule has 0 saturated carbocycles. The maximum Gasteiger partial charge on any atom is 0.133 e. The van der Waals surface area contributed by atoms with Gasteiger partial charge < -0.3 is 15.4 Å². The standard InChI is InChI=1S/C14H21BrN2O/c1-18-14-5-4-11(9-13(14)15)10-16-8-6-12-3-2-7-17-12/h4-5,9,12,16-17H,2-3,6-8,10H2,1H3. The van der Waals surface area contributed by atoms with Crippen molar-refractivity contribution in [2.75, 3.05) is 20.2 Å². The van der Waals surface area contributed by atoms with Crippen LogP contribution in [0.4, 0.5) is 0 Å². The Balaban J connectivity index is 1.71. The largest absolute Gasteiger partial charge is 0.496 e. The van der Waals surface area contributed by atoms with E-state index in [1.807, 2.05) is 6.07 Å². The zero-order valence-corrected chi connectivity index (χ0v) is 12.4. The minimum Gasteiger partial charge on any atom is -0.496 e. The highest BCUT2D eigenvalue weighted by Crippen LogP contribution is 2.25. The Morgan fingerprint density at radius 1 is 1.50 bits per heavy atom. The van der Waals surface area contributed by atoms with Gasteiger partial charge in [0.05, 0.1) is 11.6 Å². The summed E-state index contributed by atoms with van der Waals surface area (Å²) in [5.74, 6) is 0.883. The van der Waals surface area contributed by atoms with Crippen molar-refractivity contribution in [3.05, 3.63) is 28.2 Å². The summed E-state index contributed by atoms with van der Waals surface area (Å²) in [6.45, 7) is 3.17. The molecule has 1 aliphatic rings. The fraction of sp³-hybridized carbons (Fsp3) is 0.571. The molecule has 0 aromatic heterocycles. The number of ether oxygens (including phenoxy) is 1. The fourth-order valence-electron chi connectivity index (χ4n) is 2.33. The molecule has 1 heterocycles. The highest BCUT2D eigenvalue weighted by Gasteiger charge is 2.12. The van der Waals surface area contributed by atoms with Crippen molar-refractivity contribution in [2.45, 2.75) is 31.8 Å². The lowest BCUT2D eigenvalue weighted by atomic mass is 10.1. The van der Waals surface area contributed by atoms with Gasteiger partial charge >= 0.3 is 0 Å². The van der Waals surface area contributed by atoms with Crippen LogP contribution in [0.5, 0.6) is 5.75 Å². The number of hydrogen-bond donors (Lipinski definition) is 2. The summed E-state index contributed by atoms with van der Waals surface area (Å²) in [5.41, 5.74) is 1.28. The van der Waals surface area contributed by atoms with E-state index in [9.17, 15) is 0 Å². The third-order valence-corrected chi connectivity index (χ3v) is 4.00. The molecule has 2 N–H and O–H groups in total. The first-order chi connectivity index (χ1) is 8.79. The van der Waals surface area contributed by atoms with E-state index in [1.54, 1.807) is 7.11 Å². The monoisotopic (exact) mass is 312 g/mol. The van der Waals surface area contributed by atoms with Crippen LogP contribution in [0.2, 0.25) is 0 Å². The second-order valence-electron chi connectivity index (χ2n) is 4.73. The van der Waals surface area contributed by atoms with Crippen LogP contribution in [0.25, 0.3) is 0 Å². The molecule has 100 valence electrons. The average molecular weight is 313 g/mol. The van der Waals surface area contributed by atoms with Crippen LogP contribution in [0.15, 0.2) is 22.7 Å². The van der Waals surface area contributed by atoms with Gasteiger partial charge in [-0.25, -0.2) is 0 Å². The highest BCUT2D eigenvalue weighted by molar-refractivity contribution is 9.10. The number of methoxy groups -OCH3 is 1. The van der Waals surface area contributed by atoms with Crippen LogP contribution in [0, 0.1) is 0 Å². The van der Waals surface area contributed by atoms with Crippen molar-refractivity contribution in [1.82, 2.24) is 10.6 Å². The van der Waals surface area contributed by atoms with E-state index < -0.39 is 0 Å². The first kappa shape index (κ1) is 13.8. The molecule has 1 aliphatic heterocycles. The van der Waals surface area contributed by atoms with Crippen LogP contribution in [-0.2, 0) is 6.54 Å². The Kier molecular flexibility index (Phi) is 5.47. The van der Waals surface area contributed by atoms with Gasteiger partial charge in [0, 0.05) is 12.6 Å². The Morgan fingerprint density at radius 3 is 3.06 bits per heavy atom. The molecule has 0 radical (unpaired) electrons. The summed E-state index contributed by atoms with van der Waals surface area (Å²) in [6.07, 6.45) is 3.88. The van der Waals surface area contributed by atoms with Crippen molar-refractivity contribution >= 4 is 15.9 Å². The molecule has 1 unspecified atom stereocenters. The molecule has 1 fully saturated rings. The van der Waals surface area contributed by atoms with E-state index in [2.05, 4.69) is 38.7 Å². The summed E-state index contributed by atoms with van der Waals surface area (Å²) in [4.78, 5) is 0. The smallest absolute Gasteiger partial charge is 0.133 e. The minimum atomic E-state index is 0.722. The Hall–Kier alpha value is -0.580. The average Bonchev–Trinajstić information content (AvgIpc) is 2.88. The number of nitrogens with one attached hydrogen (secondary N) is 2. The van der Waals surface area contributed by atoms with Gasteiger partial charge in [-0.15, -0.1) is 0 Å². The van der Waals surface area contributed by atoms with Gasteiger partial charge in [-0.05, 0) is 66.0 Å². The van der Waals surface area contributed by atoms with E-state index in [0.717, 1.165) is 29.4 Å². The number of hydrogen-bond acceptors (Lipinski definition) is 3. The molecule has 18 heavy (non-hydrogen) atoms. The molecule has 1 saturated heterocycles. The van der Waals surface area contributed by atoms with Crippen molar-refractivity contribution in [1.29, 1.82) is 0 Å². The molecule has 3 nitrogen and oxygen atoms in total. The van der Waals surface area contributed by atoms with Gasteiger partial charge in [0.25, 0.3) is 0 Å². The first-order valence-corrected chi connectivity index (χ1v) is 7.35. The molecule has 1 atom stereocenters. The Morgan fingerprint density at radius 2 is 2.39 bits per heavy atom. The minimum absolute atomic E-state index is 0.722. The molecular formula is C14H21BrN2O. The molecule has 2 rings (SSSR count). The lowest BCUT2D eigenvalue weighted by molar-refractivity contribution is 0.412. The fourth-order valence-corrected chi connectivity index (χ4v) is 2.92. The molecule has 1 aromatic carbocycles. The van der Waals surface area contributed by atoms with Gasteiger partial charge in [0.15, 0.2) is 0 Å². The lowest BCUT2D eigenvalue weighted by Gasteiger charge is -2.11. The third-order valence-electron chi connectivity index (χ3n) is 3.38.